The molecule has 0 amide bonds. The Morgan fingerprint density at radius 1 is 1.10 bits per heavy atom. The molecule has 1 aromatic carbocycles. The van der Waals surface area contributed by atoms with Crippen molar-refractivity contribution in [1.29, 1.82) is 0 Å². The number of ether oxygens (including phenoxy) is 1. The van der Waals surface area contributed by atoms with Crippen molar-refractivity contribution in [3.05, 3.63) is 24.5 Å². The predicted octanol–water partition coefficient (Wildman–Crippen LogP) is 2.73. The van der Waals surface area contributed by atoms with Crippen molar-refractivity contribution in [2.45, 2.75) is 46.2 Å². The van der Waals surface area contributed by atoms with Gasteiger partial charge >= 0.3 is 15.2 Å². The molecule has 1 unspecified atom stereocenters. The molecule has 0 aliphatic carbocycles. The molecule has 30 heavy (non-hydrogen) atoms. The van der Waals surface area contributed by atoms with Crippen molar-refractivity contribution in [2.75, 3.05) is 6.61 Å². The summed E-state index contributed by atoms with van der Waals surface area (Å²) in [4.78, 5) is 41.4. The van der Waals surface area contributed by atoms with Crippen molar-refractivity contribution < 1.29 is 38.5 Å². The van der Waals surface area contributed by atoms with Gasteiger partial charge in [-0.25, -0.2) is 4.98 Å². The number of hydrogen-bond acceptors (Lipinski definition) is 5. The van der Waals surface area contributed by atoms with Gasteiger partial charge in [0.15, 0.2) is 0 Å². The lowest BCUT2D eigenvalue weighted by molar-refractivity contribution is 0.105. The Morgan fingerprint density at radius 2 is 1.67 bits per heavy atom. The Hall–Kier alpha value is -1.25. The topological polar surface area (TPSA) is 162 Å². The highest BCUT2D eigenvalue weighted by Crippen LogP contribution is 2.68. The van der Waals surface area contributed by atoms with Gasteiger partial charge in [-0.05, 0) is 23.5 Å². The Balaban J connectivity index is 2.30. The third-order valence-electron chi connectivity index (χ3n) is 5.25. The van der Waals surface area contributed by atoms with Crippen molar-refractivity contribution in [3.8, 4) is 5.75 Å². The van der Waals surface area contributed by atoms with Crippen molar-refractivity contribution in [1.82, 2.24) is 9.55 Å². The van der Waals surface area contributed by atoms with E-state index in [1.165, 1.54) is 0 Å². The van der Waals surface area contributed by atoms with E-state index in [2.05, 4.69) is 39.6 Å². The Morgan fingerprint density at radius 3 is 2.13 bits per heavy atom. The smallest absolute Gasteiger partial charge is 0.371 e. The molecule has 170 valence electrons. The molecule has 0 fully saturated rings. The van der Waals surface area contributed by atoms with E-state index >= 15 is 0 Å². The number of nitrogens with zero attached hydrogens (tertiary/aromatic N) is 2. The molecule has 10 nitrogen and oxygen atoms in total. The number of aromatic nitrogens is 2. The van der Waals surface area contributed by atoms with Crippen LogP contribution in [0.15, 0.2) is 24.5 Å². The fourth-order valence-electron chi connectivity index (χ4n) is 3.47. The van der Waals surface area contributed by atoms with Crippen LogP contribution in [0.25, 0.3) is 11.0 Å². The van der Waals surface area contributed by atoms with E-state index in [4.69, 9.17) is 4.74 Å². The minimum Gasteiger partial charge on any atom is -0.493 e. The monoisotopic (exact) mass is 464 g/mol. The number of hydrogen-bond donors (Lipinski definition) is 5. The molecule has 0 radical (unpaired) electrons. The SMILES string of the molecule is CC(C)C(COc1ccc2c(c1)ncn2CC(O)(P(=O)(O)O)P(=O)(O)O)C(C)(C)C. The van der Waals surface area contributed by atoms with E-state index in [1.807, 2.05) is 0 Å². The molecule has 0 aliphatic heterocycles. The zero-order valence-electron chi connectivity index (χ0n) is 17.6. The van der Waals surface area contributed by atoms with Gasteiger partial charge in [0.2, 0.25) is 0 Å². The summed E-state index contributed by atoms with van der Waals surface area (Å²) in [6.07, 6.45) is 1.15. The molecule has 5 N–H and O–H groups in total. The second-order valence-electron chi connectivity index (χ2n) is 8.91. The van der Waals surface area contributed by atoms with Crippen LogP contribution in [0.5, 0.6) is 5.75 Å². The first-order valence-corrected chi connectivity index (χ1v) is 12.6. The summed E-state index contributed by atoms with van der Waals surface area (Å²) in [5.74, 6) is 1.25. The highest BCUT2D eigenvalue weighted by Gasteiger charge is 2.59. The number of benzene rings is 1. The molecule has 0 bridgehead atoms. The van der Waals surface area contributed by atoms with Gasteiger partial charge in [-0.2, -0.15) is 0 Å². The van der Waals surface area contributed by atoms with Crippen molar-refractivity contribution in [2.24, 2.45) is 17.3 Å². The van der Waals surface area contributed by atoms with Crippen LogP contribution in [0.4, 0.5) is 0 Å². The standard InChI is InChI=1S/C18H30N2O8P2/c1-12(2)14(17(3,4)5)9-28-13-6-7-16-15(8-13)19-11-20(16)10-18(21,29(22,23)24)30(25,26)27/h6-8,11-12,14,21H,9-10H2,1-5H3,(H2,22,23,24)(H2,25,26,27). The van der Waals surface area contributed by atoms with Crippen LogP contribution in [0, 0.1) is 17.3 Å². The lowest BCUT2D eigenvalue weighted by Gasteiger charge is -2.33. The average molecular weight is 464 g/mol. The lowest BCUT2D eigenvalue weighted by Crippen LogP contribution is -2.33. The molecular formula is C18H30N2O8P2. The number of fused-ring (bicyclic) bond motifs is 1. The van der Waals surface area contributed by atoms with Gasteiger partial charge < -0.3 is 34.0 Å². The highest BCUT2D eigenvalue weighted by molar-refractivity contribution is 7.72. The molecule has 0 spiro atoms. The molecular weight excluding hydrogens is 434 g/mol. The molecule has 12 heteroatoms. The normalized spacial score (nSPS) is 15.0. The average Bonchev–Trinajstić information content (AvgIpc) is 2.93. The van der Waals surface area contributed by atoms with E-state index in [-0.39, 0.29) is 5.41 Å². The zero-order chi connectivity index (χ0) is 23.1. The third-order valence-corrected chi connectivity index (χ3v) is 8.97. The summed E-state index contributed by atoms with van der Waals surface area (Å²) < 4.78 is 30.2. The van der Waals surface area contributed by atoms with Gasteiger partial charge in [-0.15, -0.1) is 0 Å². The Labute approximate surface area is 175 Å². The summed E-state index contributed by atoms with van der Waals surface area (Å²) in [5, 5.41) is 6.59. The van der Waals surface area contributed by atoms with Crippen LogP contribution in [-0.4, -0.2) is 45.9 Å². The minimum atomic E-state index is -5.57. The molecule has 0 aliphatic rings. The van der Waals surface area contributed by atoms with Gasteiger partial charge in [0, 0.05) is 12.0 Å². The van der Waals surface area contributed by atoms with Gasteiger partial charge in [0.05, 0.1) is 30.5 Å². The summed E-state index contributed by atoms with van der Waals surface area (Å²) in [7, 11) is -11.1. The van der Waals surface area contributed by atoms with Crippen molar-refractivity contribution >= 4 is 26.2 Å². The second kappa shape index (κ2) is 8.36. The van der Waals surface area contributed by atoms with E-state index in [1.54, 1.807) is 18.2 Å². The summed E-state index contributed by atoms with van der Waals surface area (Å²) in [5.41, 5.74) is 0.775. The first-order chi connectivity index (χ1) is 13.5. The number of imidazole rings is 1. The van der Waals surface area contributed by atoms with Gasteiger partial charge in [-0.1, -0.05) is 34.6 Å². The first kappa shape index (κ1) is 25.0. The van der Waals surface area contributed by atoms with E-state index in [9.17, 15) is 33.8 Å². The van der Waals surface area contributed by atoms with Gasteiger partial charge in [-0.3, -0.25) is 9.13 Å². The van der Waals surface area contributed by atoms with E-state index in [0.29, 0.717) is 35.2 Å². The summed E-state index contributed by atoms with van der Waals surface area (Å²) >= 11 is 0. The van der Waals surface area contributed by atoms with Crippen LogP contribution in [0.1, 0.15) is 34.6 Å². The third kappa shape index (κ3) is 5.14. The minimum absolute atomic E-state index is 0.0510. The molecule has 2 aromatic rings. The lowest BCUT2D eigenvalue weighted by atomic mass is 9.75. The quantitative estimate of drug-likeness (QED) is 0.370. The number of rotatable bonds is 8. The molecule has 1 heterocycles. The van der Waals surface area contributed by atoms with E-state index < -0.39 is 26.8 Å². The Bertz CT molecular complexity index is 964. The predicted molar refractivity (Wildman–Crippen MR) is 112 cm³/mol. The van der Waals surface area contributed by atoms with Gasteiger partial charge in [0.25, 0.3) is 5.08 Å². The molecule has 0 saturated carbocycles. The Kier molecular flexibility index (Phi) is 6.97. The second-order valence-corrected chi connectivity index (χ2v) is 12.9. The zero-order valence-corrected chi connectivity index (χ0v) is 19.4. The van der Waals surface area contributed by atoms with Crippen LogP contribution in [0.2, 0.25) is 0 Å². The highest BCUT2D eigenvalue weighted by atomic mass is 31.2. The summed E-state index contributed by atoms with van der Waals surface area (Å²) in [6.45, 7) is 10.2. The maximum Gasteiger partial charge on any atom is 0.371 e. The molecule has 1 aromatic heterocycles. The van der Waals surface area contributed by atoms with E-state index in [0.717, 1.165) is 10.9 Å². The van der Waals surface area contributed by atoms with Crippen LogP contribution >= 0.6 is 15.2 Å². The molecule has 0 saturated heterocycles. The fourth-order valence-corrected chi connectivity index (χ4v) is 5.50. The van der Waals surface area contributed by atoms with Gasteiger partial charge in [0.1, 0.15) is 5.75 Å². The fraction of sp³-hybridized carbons (Fsp3) is 0.611. The largest absolute Gasteiger partial charge is 0.493 e. The van der Waals surface area contributed by atoms with Crippen LogP contribution in [0.3, 0.4) is 0 Å². The molecule has 2 rings (SSSR count). The maximum atomic E-state index is 11.6. The number of aliphatic hydroxyl groups is 1. The van der Waals surface area contributed by atoms with Crippen LogP contribution in [-0.2, 0) is 15.7 Å². The van der Waals surface area contributed by atoms with Crippen LogP contribution < -0.4 is 4.74 Å². The summed E-state index contributed by atoms with van der Waals surface area (Å²) in [6, 6.07) is 4.81. The maximum absolute atomic E-state index is 11.6. The van der Waals surface area contributed by atoms with Crippen molar-refractivity contribution in [3.63, 3.8) is 0 Å². The first-order valence-electron chi connectivity index (χ1n) is 9.39. The molecule has 1 atom stereocenters.